The number of benzene rings is 5. The maximum absolute atomic E-state index is 14.0. The van der Waals surface area contributed by atoms with Gasteiger partial charge < -0.3 is 9.64 Å². The van der Waals surface area contributed by atoms with Crippen LogP contribution in [0, 0.1) is 11.3 Å². The average Bonchev–Trinajstić information content (AvgIpc) is 3.20. The number of nitriles is 1. The van der Waals surface area contributed by atoms with Gasteiger partial charge in [0.1, 0.15) is 18.7 Å². The van der Waals surface area contributed by atoms with Crippen LogP contribution in [0.1, 0.15) is 29.2 Å². The fraction of sp³-hybridized carbons (Fsp3) is 0.143. The van der Waals surface area contributed by atoms with Crippen LogP contribution in [0.5, 0.6) is 0 Å². The number of esters is 1. The van der Waals surface area contributed by atoms with E-state index in [2.05, 4.69) is 6.07 Å². The van der Waals surface area contributed by atoms with E-state index in [0.717, 1.165) is 37.6 Å². The molecule has 1 fully saturated rings. The Morgan fingerprint density at radius 1 is 0.786 bits per heavy atom. The molecule has 5 aromatic rings. The fourth-order valence-electron chi connectivity index (χ4n) is 5.50. The smallest absolute Gasteiger partial charge is 0.328 e. The molecule has 7 nitrogen and oxygen atoms in total. The molecule has 0 radical (unpaired) electrons. The molecule has 0 spiro atoms. The summed E-state index contributed by atoms with van der Waals surface area (Å²) >= 11 is 0. The summed E-state index contributed by atoms with van der Waals surface area (Å²) in [6.45, 7) is 1.34. The van der Waals surface area contributed by atoms with Crippen molar-refractivity contribution < 1.29 is 19.1 Å². The summed E-state index contributed by atoms with van der Waals surface area (Å²) in [6, 6.07) is 35.6. The standard InChI is InChI=1S/C35H27N3O4/c1-35(31-16-12-24(20-36)13-17-31)33(40)37(22-32(39)42-23-26-11-15-28-7-3-5-9-30(28)19-26)34(41)38(35)21-25-10-14-27-6-2-4-8-29(27)18-25/h2-19H,21-23H2,1H3. The van der Waals surface area contributed by atoms with Crippen molar-refractivity contribution in [3.63, 3.8) is 0 Å². The number of carbonyl (C=O) groups is 3. The molecule has 1 unspecified atom stereocenters. The van der Waals surface area contributed by atoms with Crippen LogP contribution in [0.3, 0.4) is 0 Å². The molecular weight excluding hydrogens is 526 g/mol. The predicted octanol–water partition coefficient (Wildman–Crippen LogP) is 6.29. The Kier molecular flexibility index (Phi) is 6.89. The number of hydrogen-bond acceptors (Lipinski definition) is 5. The maximum atomic E-state index is 14.0. The third-order valence-corrected chi connectivity index (χ3v) is 7.89. The van der Waals surface area contributed by atoms with Crippen LogP contribution < -0.4 is 0 Å². The van der Waals surface area contributed by atoms with E-state index >= 15 is 0 Å². The number of amides is 3. The van der Waals surface area contributed by atoms with Crippen molar-refractivity contribution in [1.82, 2.24) is 9.80 Å². The van der Waals surface area contributed by atoms with Gasteiger partial charge in [-0.1, -0.05) is 84.9 Å². The van der Waals surface area contributed by atoms with Gasteiger partial charge in [0.25, 0.3) is 5.91 Å². The Morgan fingerprint density at radius 3 is 1.98 bits per heavy atom. The van der Waals surface area contributed by atoms with E-state index in [1.54, 1.807) is 31.2 Å². The summed E-state index contributed by atoms with van der Waals surface area (Å²) in [6.07, 6.45) is 0. The van der Waals surface area contributed by atoms with E-state index in [-0.39, 0.29) is 13.2 Å². The number of fused-ring (bicyclic) bond motifs is 2. The molecule has 6 rings (SSSR count). The van der Waals surface area contributed by atoms with E-state index in [4.69, 9.17) is 4.74 Å². The van der Waals surface area contributed by atoms with Crippen molar-refractivity contribution in [3.05, 3.63) is 131 Å². The minimum absolute atomic E-state index is 0.0214. The number of urea groups is 1. The predicted molar refractivity (Wildman–Crippen MR) is 159 cm³/mol. The Morgan fingerprint density at radius 2 is 1.36 bits per heavy atom. The van der Waals surface area contributed by atoms with E-state index < -0.39 is 30.0 Å². The molecule has 0 aromatic heterocycles. The molecule has 42 heavy (non-hydrogen) atoms. The molecule has 0 aliphatic carbocycles. The van der Waals surface area contributed by atoms with Gasteiger partial charge >= 0.3 is 12.0 Å². The highest BCUT2D eigenvalue weighted by molar-refractivity contribution is 6.09. The molecule has 0 saturated carbocycles. The number of carbonyl (C=O) groups excluding carboxylic acids is 3. The van der Waals surface area contributed by atoms with Crippen LogP contribution in [0.25, 0.3) is 21.5 Å². The van der Waals surface area contributed by atoms with E-state index in [0.29, 0.717) is 11.1 Å². The Bertz CT molecular complexity index is 1890. The van der Waals surface area contributed by atoms with Gasteiger partial charge in [0.2, 0.25) is 0 Å². The average molecular weight is 554 g/mol. The van der Waals surface area contributed by atoms with Crippen molar-refractivity contribution in [1.29, 1.82) is 5.26 Å². The van der Waals surface area contributed by atoms with E-state index in [9.17, 15) is 19.6 Å². The van der Waals surface area contributed by atoms with Crippen LogP contribution in [0.4, 0.5) is 4.79 Å². The largest absolute Gasteiger partial charge is 0.459 e. The highest BCUT2D eigenvalue weighted by atomic mass is 16.5. The summed E-state index contributed by atoms with van der Waals surface area (Å²) in [5.74, 6) is -1.21. The summed E-state index contributed by atoms with van der Waals surface area (Å²) in [5.41, 5.74) is 1.24. The lowest BCUT2D eigenvalue weighted by Crippen LogP contribution is -2.44. The normalized spacial score (nSPS) is 16.7. The third-order valence-electron chi connectivity index (χ3n) is 7.89. The summed E-state index contributed by atoms with van der Waals surface area (Å²) in [7, 11) is 0. The van der Waals surface area contributed by atoms with Gasteiger partial charge in [-0.15, -0.1) is 0 Å². The second-order valence-corrected chi connectivity index (χ2v) is 10.5. The van der Waals surface area contributed by atoms with Crippen molar-refractivity contribution in [3.8, 4) is 6.07 Å². The fourth-order valence-corrected chi connectivity index (χ4v) is 5.50. The minimum Gasteiger partial charge on any atom is -0.459 e. The van der Waals surface area contributed by atoms with Crippen molar-refractivity contribution >= 4 is 39.5 Å². The first-order valence-corrected chi connectivity index (χ1v) is 13.6. The van der Waals surface area contributed by atoms with Crippen molar-refractivity contribution in [2.75, 3.05) is 6.54 Å². The third kappa shape index (κ3) is 4.84. The van der Waals surface area contributed by atoms with Gasteiger partial charge in [-0.2, -0.15) is 5.26 Å². The van der Waals surface area contributed by atoms with Gasteiger partial charge in [-0.05, 0) is 69.4 Å². The highest BCUT2D eigenvalue weighted by Crippen LogP contribution is 2.39. The molecule has 0 N–H and O–H groups in total. The summed E-state index contributed by atoms with van der Waals surface area (Å²) in [5, 5.41) is 13.5. The van der Waals surface area contributed by atoms with Gasteiger partial charge in [0.05, 0.1) is 11.6 Å². The SMILES string of the molecule is CC1(c2ccc(C#N)cc2)C(=O)N(CC(=O)OCc2ccc3ccccc3c2)C(=O)N1Cc1ccc2ccccc2c1. The molecule has 1 aliphatic heterocycles. The topological polar surface area (TPSA) is 90.7 Å². The van der Waals surface area contributed by atoms with Gasteiger partial charge in [0, 0.05) is 6.54 Å². The van der Waals surface area contributed by atoms with Gasteiger partial charge in [-0.3, -0.25) is 14.5 Å². The van der Waals surface area contributed by atoms with Crippen LogP contribution in [-0.2, 0) is 33.0 Å². The van der Waals surface area contributed by atoms with E-state index in [1.807, 2.05) is 84.9 Å². The first-order valence-electron chi connectivity index (χ1n) is 13.6. The molecule has 0 bridgehead atoms. The lowest BCUT2D eigenvalue weighted by Gasteiger charge is -2.32. The Labute approximate surface area is 243 Å². The lowest BCUT2D eigenvalue weighted by molar-refractivity contribution is -0.149. The van der Waals surface area contributed by atoms with Crippen LogP contribution in [-0.4, -0.2) is 34.3 Å². The number of hydrogen-bond donors (Lipinski definition) is 0. The zero-order valence-corrected chi connectivity index (χ0v) is 23.0. The maximum Gasteiger partial charge on any atom is 0.328 e. The monoisotopic (exact) mass is 553 g/mol. The molecule has 1 saturated heterocycles. The first-order chi connectivity index (χ1) is 20.4. The second kappa shape index (κ2) is 10.8. The summed E-state index contributed by atoms with van der Waals surface area (Å²) < 4.78 is 5.50. The molecule has 1 heterocycles. The van der Waals surface area contributed by atoms with Crippen LogP contribution >= 0.6 is 0 Å². The number of nitrogens with zero attached hydrogens (tertiary/aromatic N) is 3. The number of imide groups is 1. The molecular formula is C35H27N3O4. The Balaban J connectivity index is 1.26. The van der Waals surface area contributed by atoms with Gasteiger partial charge in [0.15, 0.2) is 0 Å². The zero-order chi connectivity index (χ0) is 29.3. The minimum atomic E-state index is -1.39. The highest BCUT2D eigenvalue weighted by Gasteiger charge is 2.55. The Hall–Kier alpha value is -5.48. The van der Waals surface area contributed by atoms with Crippen LogP contribution in [0.2, 0.25) is 0 Å². The lowest BCUT2D eigenvalue weighted by atomic mass is 9.89. The molecule has 3 amide bonds. The molecule has 206 valence electrons. The zero-order valence-electron chi connectivity index (χ0n) is 23.0. The number of rotatable bonds is 7. The number of ether oxygens (including phenoxy) is 1. The summed E-state index contributed by atoms with van der Waals surface area (Å²) in [4.78, 5) is 43.2. The second-order valence-electron chi connectivity index (χ2n) is 10.5. The quantitative estimate of drug-likeness (QED) is 0.175. The van der Waals surface area contributed by atoms with Crippen molar-refractivity contribution in [2.45, 2.75) is 25.6 Å². The van der Waals surface area contributed by atoms with E-state index in [1.165, 1.54) is 4.90 Å². The molecule has 1 aliphatic rings. The van der Waals surface area contributed by atoms with Crippen molar-refractivity contribution in [2.24, 2.45) is 0 Å². The molecule has 7 heteroatoms. The molecule has 5 aromatic carbocycles. The van der Waals surface area contributed by atoms with Gasteiger partial charge in [-0.25, -0.2) is 4.79 Å². The molecule has 1 atom stereocenters. The first kappa shape index (κ1) is 26.7. The van der Waals surface area contributed by atoms with Crippen LogP contribution in [0.15, 0.2) is 109 Å².